The number of anilines is 4. The summed E-state index contributed by atoms with van der Waals surface area (Å²) in [5, 5.41) is 2.90. The maximum atomic E-state index is 13.9. The molecule has 0 saturated carbocycles. The summed E-state index contributed by atoms with van der Waals surface area (Å²) in [7, 11) is 0. The average molecular weight is 395 g/mol. The number of halogens is 2. The van der Waals surface area contributed by atoms with Crippen LogP contribution >= 0.6 is 0 Å². The Kier molecular flexibility index (Phi) is 5.29. The van der Waals surface area contributed by atoms with E-state index in [1.807, 2.05) is 0 Å². The Morgan fingerprint density at radius 3 is 2.45 bits per heavy atom. The molecule has 2 heterocycles. The van der Waals surface area contributed by atoms with Crippen LogP contribution in [-0.2, 0) is 0 Å². The van der Waals surface area contributed by atoms with E-state index in [9.17, 15) is 8.78 Å². The van der Waals surface area contributed by atoms with Crippen LogP contribution in [0.3, 0.4) is 0 Å². The van der Waals surface area contributed by atoms with Gasteiger partial charge in [-0.25, -0.2) is 13.8 Å². The van der Waals surface area contributed by atoms with Gasteiger partial charge in [0, 0.05) is 44.1 Å². The second-order valence-corrected chi connectivity index (χ2v) is 7.18. The van der Waals surface area contributed by atoms with Crippen molar-refractivity contribution in [1.82, 2.24) is 9.97 Å². The van der Waals surface area contributed by atoms with Crippen LogP contribution in [0.1, 0.15) is 11.1 Å². The molecule has 0 spiro atoms. The van der Waals surface area contributed by atoms with Gasteiger partial charge in [0.25, 0.3) is 0 Å². The van der Waals surface area contributed by atoms with Gasteiger partial charge in [-0.2, -0.15) is 4.98 Å². The largest absolute Gasteiger partial charge is 0.368 e. The predicted molar refractivity (Wildman–Crippen MR) is 112 cm³/mol. The third-order valence-corrected chi connectivity index (χ3v) is 5.32. The molecule has 0 bridgehead atoms. The van der Waals surface area contributed by atoms with E-state index in [-0.39, 0.29) is 5.69 Å². The first kappa shape index (κ1) is 19.1. The van der Waals surface area contributed by atoms with Gasteiger partial charge in [-0.05, 0) is 49.2 Å². The van der Waals surface area contributed by atoms with E-state index >= 15 is 0 Å². The molecule has 1 aliphatic heterocycles. The first-order valence-electron chi connectivity index (χ1n) is 9.62. The Morgan fingerprint density at radius 2 is 1.69 bits per heavy atom. The summed E-state index contributed by atoms with van der Waals surface area (Å²) < 4.78 is 27.0. The van der Waals surface area contributed by atoms with Gasteiger partial charge in [0.05, 0.1) is 5.69 Å². The Hall–Kier alpha value is -3.22. The minimum atomic E-state index is -0.660. The number of rotatable bonds is 4. The van der Waals surface area contributed by atoms with E-state index < -0.39 is 11.6 Å². The molecule has 7 heteroatoms. The first-order chi connectivity index (χ1) is 14.0. The van der Waals surface area contributed by atoms with Crippen molar-refractivity contribution < 1.29 is 8.78 Å². The van der Waals surface area contributed by atoms with Gasteiger partial charge in [-0.3, -0.25) is 0 Å². The topological polar surface area (TPSA) is 44.3 Å². The van der Waals surface area contributed by atoms with E-state index in [2.05, 4.69) is 57.1 Å². The molecule has 2 aromatic carbocycles. The summed E-state index contributed by atoms with van der Waals surface area (Å²) in [6.07, 6.45) is 1.64. The molecule has 29 heavy (non-hydrogen) atoms. The lowest BCUT2D eigenvalue weighted by atomic mass is 10.1. The summed E-state index contributed by atoms with van der Waals surface area (Å²) in [4.78, 5) is 13.4. The summed E-state index contributed by atoms with van der Waals surface area (Å²) in [5.41, 5.74) is 4.05. The third kappa shape index (κ3) is 4.13. The van der Waals surface area contributed by atoms with Crippen LogP contribution in [0.5, 0.6) is 0 Å². The summed E-state index contributed by atoms with van der Waals surface area (Å²) in [6.45, 7) is 7.62. The van der Waals surface area contributed by atoms with E-state index in [0.717, 1.165) is 32.2 Å². The van der Waals surface area contributed by atoms with Crippen molar-refractivity contribution >= 4 is 23.1 Å². The number of benzene rings is 2. The highest BCUT2D eigenvalue weighted by atomic mass is 19.1. The van der Waals surface area contributed by atoms with Crippen LogP contribution in [0.15, 0.2) is 48.7 Å². The SMILES string of the molecule is Cc1cccc(N2CCN(c3nccc(Nc4ccc(F)cc4F)n3)CC2)c1C. The molecule has 5 nitrogen and oxygen atoms in total. The minimum absolute atomic E-state index is 0.177. The highest BCUT2D eigenvalue weighted by molar-refractivity contribution is 5.59. The molecular formula is C22H23F2N5. The van der Waals surface area contributed by atoms with Crippen LogP contribution in [0.4, 0.5) is 31.9 Å². The van der Waals surface area contributed by atoms with E-state index in [4.69, 9.17) is 0 Å². The third-order valence-electron chi connectivity index (χ3n) is 5.32. The number of nitrogens with zero attached hydrogens (tertiary/aromatic N) is 4. The quantitative estimate of drug-likeness (QED) is 0.708. The molecule has 4 rings (SSSR count). The molecule has 0 aliphatic carbocycles. The molecule has 150 valence electrons. The highest BCUT2D eigenvalue weighted by Gasteiger charge is 2.21. The van der Waals surface area contributed by atoms with Gasteiger partial charge in [-0.15, -0.1) is 0 Å². The fourth-order valence-electron chi connectivity index (χ4n) is 3.52. The fourth-order valence-corrected chi connectivity index (χ4v) is 3.52. The van der Waals surface area contributed by atoms with E-state index in [1.165, 1.54) is 28.9 Å². The van der Waals surface area contributed by atoms with Crippen molar-refractivity contribution in [3.05, 3.63) is 71.4 Å². The molecule has 1 aromatic heterocycles. The molecule has 1 fully saturated rings. The normalized spacial score (nSPS) is 14.2. The van der Waals surface area contributed by atoms with Crippen LogP contribution in [0.25, 0.3) is 0 Å². The van der Waals surface area contributed by atoms with E-state index in [1.54, 1.807) is 12.3 Å². The van der Waals surface area contributed by atoms with Crippen LogP contribution in [0, 0.1) is 25.5 Å². The number of aryl methyl sites for hydroxylation is 1. The number of nitrogens with one attached hydrogen (secondary N) is 1. The summed E-state index contributed by atoms with van der Waals surface area (Å²) in [5.74, 6) is -0.207. The zero-order valence-corrected chi connectivity index (χ0v) is 16.5. The zero-order valence-electron chi connectivity index (χ0n) is 16.5. The molecular weight excluding hydrogens is 372 g/mol. The number of hydrogen-bond acceptors (Lipinski definition) is 5. The summed E-state index contributed by atoms with van der Waals surface area (Å²) >= 11 is 0. The number of piperazine rings is 1. The maximum Gasteiger partial charge on any atom is 0.227 e. The standard InChI is InChI=1S/C22H23F2N5/c1-15-4-3-5-20(16(15)2)28-10-12-29(13-11-28)22-25-9-8-21(27-22)26-19-7-6-17(23)14-18(19)24/h3-9,14H,10-13H2,1-2H3,(H,25,26,27). The Bertz CT molecular complexity index is 1020. The van der Waals surface area contributed by atoms with Gasteiger partial charge in [0.15, 0.2) is 0 Å². The highest BCUT2D eigenvalue weighted by Crippen LogP contribution is 2.25. The van der Waals surface area contributed by atoms with Gasteiger partial charge in [-0.1, -0.05) is 12.1 Å². The number of hydrogen-bond donors (Lipinski definition) is 1. The minimum Gasteiger partial charge on any atom is -0.368 e. The van der Waals surface area contributed by atoms with Crippen molar-refractivity contribution in [1.29, 1.82) is 0 Å². The van der Waals surface area contributed by atoms with Gasteiger partial charge in [0.1, 0.15) is 17.5 Å². The van der Waals surface area contributed by atoms with Crippen molar-refractivity contribution in [3.8, 4) is 0 Å². The fraction of sp³-hybridized carbons (Fsp3) is 0.273. The first-order valence-corrected chi connectivity index (χ1v) is 9.62. The van der Waals surface area contributed by atoms with Crippen LogP contribution in [-0.4, -0.2) is 36.1 Å². The second kappa shape index (κ2) is 8.03. The van der Waals surface area contributed by atoms with Gasteiger partial charge < -0.3 is 15.1 Å². The zero-order chi connectivity index (χ0) is 20.4. The summed E-state index contributed by atoms with van der Waals surface area (Å²) in [6, 6.07) is 11.5. The second-order valence-electron chi connectivity index (χ2n) is 7.18. The smallest absolute Gasteiger partial charge is 0.227 e. The lowest BCUT2D eigenvalue weighted by Crippen LogP contribution is -2.47. The van der Waals surface area contributed by atoms with Crippen LogP contribution in [0.2, 0.25) is 0 Å². The molecule has 0 atom stereocenters. The Morgan fingerprint density at radius 1 is 0.931 bits per heavy atom. The monoisotopic (exact) mass is 395 g/mol. The van der Waals surface area contributed by atoms with Gasteiger partial charge in [0.2, 0.25) is 5.95 Å². The molecule has 0 amide bonds. The molecule has 1 saturated heterocycles. The average Bonchev–Trinajstić information content (AvgIpc) is 2.73. The number of aromatic nitrogens is 2. The van der Waals surface area contributed by atoms with Crippen molar-refractivity contribution in [2.75, 3.05) is 41.3 Å². The molecule has 1 aliphatic rings. The molecule has 0 unspecified atom stereocenters. The Labute approximate surface area is 169 Å². The van der Waals surface area contributed by atoms with Crippen LogP contribution < -0.4 is 15.1 Å². The molecule has 1 N–H and O–H groups in total. The van der Waals surface area contributed by atoms with E-state index in [0.29, 0.717) is 11.8 Å². The van der Waals surface area contributed by atoms with Crippen molar-refractivity contribution in [2.24, 2.45) is 0 Å². The lowest BCUT2D eigenvalue weighted by molar-refractivity contribution is 0.586. The molecule has 0 radical (unpaired) electrons. The van der Waals surface area contributed by atoms with Crippen molar-refractivity contribution in [3.63, 3.8) is 0 Å². The van der Waals surface area contributed by atoms with Crippen molar-refractivity contribution in [2.45, 2.75) is 13.8 Å². The Balaban J connectivity index is 1.45. The van der Waals surface area contributed by atoms with Gasteiger partial charge >= 0.3 is 0 Å². The lowest BCUT2D eigenvalue weighted by Gasteiger charge is -2.37. The predicted octanol–water partition coefficient (Wildman–Crippen LogP) is 4.44. The molecule has 3 aromatic rings. The maximum absolute atomic E-state index is 13.9.